The maximum absolute atomic E-state index is 16.2. The van der Waals surface area contributed by atoms with Gasteiger partial charge in [0.1, 0.15) is 0 Å². The molecule has 28 heavy (non-hydrogen) atoms. The number of hydrogen-bond acceptors (Lipinski definition) is 4. The van der Waals surface area contributed by atoms with E-state index >= 15 is 4.39 Å². The summed E-state index contributed by atoms with van der Waals surface area (Å²) in [6.07, 6.45) is 0.145. The van der Waals surface area contributed by atoms with E-state index in [-0.39, 0.29) is 17.7 Å². The van der Waals surface area contributed by atoms with Crippen molar-refractivity contribution in [2.45, 2.75) is 22.7 Å². The van der Waals surface area contributed by atoms with Crippen LogP contribution in [0.5, 0.6) is 0 Å². The molecule has 1 N–H and O–H groups in total. The summed E-state index contributed by atoms with van der Waals surface area (Å²) >= 11 is 6.07. The Morgan fingerprint density at radius 1 is 1.21 bits per heavy atom. The van der Waals surface area contributed by atoms with Crippen molar-refractivity contribution in [3.63, 3.8) is 0 Å². The minimum Gasteiger partial charge on any atom is -0.466 e. The molecule has 0 radical (unpaired) electrons. The highest BCUT2D eigenvalue weighted by molar-refractivity contribution is 7.93. The Balaban J connectivity index is 1.81. The van der Waals surface area contributed by atoms with Crippen LogP contribution < -0.4 is 0 Å². The predicted octanol–water partition coefficient (Wildman–Crippen LogP) is 3.85. The fourth-order valence-corrected chi connectivity index (χ4v) is 5.86. The maximum atomic E-state index is 16.2. The van der Waals surface area contributed by atoms with Gasteiger partial charge in [-0.05, 0) is 48.7 Å². The molecule has 0 bridgehead atoms. The Kier molecular flexibility index (Phi) is 4.47. The number of fused-ring (bicyclic) bond motifs is 3. The number of alkyl halides is 1. The number of nitrogens with one attached hydrogen (secondary N) is 1. The van der Waals surface area contributed by atoms with Gasteiger partial charge >= 0.3 is 11.0 Å². The number of aromatic amines is 1. The first-order chi connectivity index (χ1) is 13.3. The SMILES string of the molecule is COC(=O)[C@](F)([C@H]1Cc2[nH]c3ccc(Cl)cc3c2C1)S(=O)(=O)c1ccccc1. The van der Waals surface area contributed by atoms with Crippen LogP contribution in [0.1, 0.15) is 11.3 Å². The Bertz CT molecular complexity index is 1180. The molecule has 1 aliphatic rings. The van der Waals surface area contributed by atoms with Gasteiger partial charge in [-0.15, -0.1) is 0 Å². The highest BCUT2D eigenvalue weighted by atomic mass is 35.5. The summed E-state index contributed by atoms with van der Waals surface area (Å²) in [6, 6.07) is 12.4. The standard InChI is InChI=1S/C20H17ClFNO4S/c1-27-19(24)20(22,28(25,26)14-5-3-2-4-6-14)12-9-15-16-11-13(21)7-8-17(16)23-18(15)10-12/h2-8,11-12,23H,9-10H2,1H3/t12-,20+/m1/s1. The van der Waals surface area contributed by atoms with Crippen LogP contribution in [0.15, 0.2) is 53.4 Å². The smallest absolute Gasteiger partial charge is 0.360 e. The Labute approximate surface area is 166 Å². The normalized spacial score (nSPS) is 18.6. The number of sulfone groups is 1. The molecular weight excluding hydrogens is 405 g/mol. The quantitative estimate of drug-likeness (QED) is 0.649. The van der Waals surface area contributed by atoms with Crippen LogP contribution in [-0.4, -0.2) is 31.5 Å². The van der Waals surface area contributed by atoms with Gasteiger partial charge in [-0.2, -0.15) is 0 Å². The van der Waals surface area contributed by atoms with Gasteiger partial charge in [-0.1, -0.05) is 29.8 Å². The number of carbonyl (C=O) groups excluding carboxylic acids is 1. The molecule has 0 amide bonds. The Morgan fingerprint density at radius 3 is 2.61 bits per heavy atom. The lowest BCUT2D eigenvalue weighted by Crippen LogP contribution is -2.50. The second-order valence-corrected chi connectivity index (χ2v) is 9.34. The number of hydrogen-bond donors (Lipinski definition) is 1. The lowest BCUT2D eigenvalue weighted by Gasteiger charge is -2.28. The second-order valence-electron chi connectivity index (χ2n) is 6.83. The van der Waals surface area contributed by atoms with E-state index in [4.69, 9.17) is 11.6 Å². The molecule has 4 rings (SSSR count). The molecule has 3 aromatic rings. The number of benzene rings is 2. The van der Waals surface area contributed by atoms with Crippen LogP contribution in [0.2, 0.25) is 5.02 Å². The lowest BCUT2D eigenvalue weighted by molar-refractivity contribution is -0.151. The number of rotatable bonds is 4. The van der Waals surface area contributed by atoms with Gasteiger partial charge in [0.05, 0.1) is 12.0 Å². The minimum absolute atomic E-state index is 0.0687. The number of ether oxygens (including phenoxy) is 1. The molecule has 146 valence electrons. The molecule has 0 saturated heterocycles. The summed E-state index contributed by atoms with van der Waals surface area (Å²) in [5.41, 5.74) is 2.31. The largest absolute Gasteiger partial charge is 0.466 e. The van der Waals surface area contributed by atoms with Crippen molar-refractivity contribution in [3.05, 3.63) is 64.8 Å². The molecule has 2 aromatic carbocycles. The van der Waals surface area contributed by atoms with Crippen LogP contribution in [0.25, 0.3) is 10.9 Å². The molecule has 1 heterocycles. The fourth-order valence-electron chi connectivity index (χ4n) is 3.92. The third-order valence-electron chi connectivity index (χ3n) is 5.29. The second kappa shape index (κ2) is 6.60. The van der Waals surface area contributed by atoms with Crippen LogP contribution in [0.3, 0.4) is 0 Å². The first kappa shape index (κ1) is 19.0. The van der Waals surface area contributed by atoms with Crippen molar-refractivity contribution in [2.75, 3.05) is 7.11 Å². The highest BCUT2D eigenvalue weighted by Gasteiger charge is 2.60. The van der Waals surface area contributed by atoms with Gasteiger partial charge in [0.15, 0.2) is 0 Å². The average Bonchev–Trinajstić information content (AvgIpc) is 3.25. The summed E-state index contributed by atoms with van der Waals surface area (Å²) in [5, 5.41) is -1.88. The first-order valence-electron chi connectivity index (χ1n) is 8.65. The number of halogens is 2. The number of H-pyrrole nitrogens is 1. The van der Waals surface area contributed by atoms with E-state index in [2.05, 4.69) is 9.72 Å². The summed E-state index contributed by atoms with van der Waals surface area (Å²) in [7, 11) is -3.65. The van der Waals surface area contributed by atoms with E-state index in [1.807, 2.05) is 6.07 Å². The van der Waals surface area contributed by atoms with Gasteiger partial charge in [0.25, 0.3) is 0 Å². The van der Waals surface area contributed by atoms with E-state index in [1.54, 1.807) is 18.2 Å². The zero-order chi connectivity index (χ0) is 20.1. The zero-order valence-electron chi connectivity index (χ0n) is 14.9. The van der Waals surface area contributed by atoms with E-state index in [0.717, 1.165) is 23.6 Å². The highest BCUT2D eigenvalue weighted by Crippen LogP contribution is 2.45. The van der Waals surface area contributed by atoms with Gasteiger partial charge in [0, 0.05) is 27.5 Å². The first-order valence-corrected chi connectivity index (χ1v) is 10.5. The van der Waals surface area contributed by atoms with Crippen LogP contribution in [-0.2, 0) is 32.2 Å². The van der Waals surface area contributed by atoms with Crippen LogP contribution in [0, 0.1) is 5.92 Å². The molecule has 1 aliphatic carbocycles. The Morgan fingerprint density at radius 2 is 1.93 bits per heavy atom. The van der Waals surface area contributed by atoms with Crippen LogP contribution >= 0.6 is 11.6 Å². The number of methoxy groups -OCH3 is 1. The summed E-state index contributed by atoms with van der Waals surface area (Å²) in [4.78, 5) is 15.3. The van der Waals surface area contributed by atoms with Crippen molar-refractivity contribution < 1.29 is 22.3 Å². The molecule has 0 fully saturated rings. The van der Waals surface area contributed by atoms with Crippen molar-refractivity contribution in [2.24, 2.45) is 5.92 Å². The third-order valence-corrected chi connectivity index (χ3v) is 7.70. The molecule has 8 heteroatoms. The van der Waals surface area contributed by atoms with E-state index in [0.29, 0.717) is 10.7 Å². The minimum atomic E-state index is -4.63. The predicted molar refractivity (Wildman–Crippen MR) is 104 cm³/mol. The van der Waals surface area contributed by atoms with Gasteiger partial charge < -0.3 is 9.72 Å². The van der Waals surface area contributed by atoms with E-state index < -0.39 is 26.7 Å². The van der Waals surface area contributed by atoms with Gasteiger partial charge in [0.2, 0.25) is 9.84 Å². The van der Waals surface area contributed by atoms with Crippen LogP contribution in [0.4, 0.5) is 4.39 Å². The van der Waals surface area contributed by atoms with Crippen molar-refractivity contribution >= 4 is 38.3 Å². The van der Waals surface area contributed by atoms with Crippen molar-refractivity contribution in [1.82, 2.24) is 4.98 Å². The van der Waals surface area contributed by atoms with Crippen molar-refractivity contribution in [3.8, 4) is 0 Å². The molecule has 2 atom stereocenters. The van der Waals surface area contributed by atoms with Gasteiger partial charge in [-0.25, -0.2) is 17.6 Å². The topological polar surface area (TPSA) is 76.2 Å². The molecular formula is C20H17ClFNO4S. The lowest BCUT2D eigenvalue weighted by atomic mass is 9.98. The van der Waals surface area contributed by atoms with Crippen molar-refractivity contribution in [1.29, 1.82) is 0 Å². The molecule has 5 nitrogen and oxygen atoms in total. The molecule has 0 saturated carbocycles. The average molecular weight is 422 g/mol. The van der Waals surface area contributed by atoms with E-state index in [9.17, 15) is 13.2 Å². The molecule has 0 unspecified atom stereocenters. The molecule has 0 aliphatic heterocycles. The monoisotopic (exact) mass is 421 g/mol. The zero-order valence-corrected chi connectivity index (χ0v) is 16.5. The molecule has 0 spiro atoms. The number of esters is 1. The fraction of sp³-hybridized carbons (Fsp3) is 0.250. The third kappa shape index (κ3) is 2.64. The van der Waals surface area contributed by atoms with Gasteiger partial charge in [-0.3, -0.25) is 0 Å². The maximum Gasteiger partial charge on any atom is 0.360 e. The number of aromatic nitrogens is 1. The summed E-state index contributed by atoms with van der Waals surface area (Å²) in [5.74, 6) is -2.52. The van der Waals surface area contributed by atoms with E-state index in [1.165, 1.54) is 24.3 Å². The Hall–Kier alpha value is -2.38. The molecule has 1 aromatic heterocycles. The summed E-state index contributed by atoms with van der Waals surface area (Å²) < 4.78 is 47.0. The number of carbonyl (C=O) groups is 1. The summed E-state index contributed by atoms with van der Waals surface area (Å²) in [6.45, 7) is 0.